The Morgan fingerprint density at radius 1 is 1.24 bits per heavy atom. The summed E-state index contributed by atoms with van der Waals surface area (Å²) >= 11 is 0. The molecular formula is C19H32IN5. The number of piperazine rings is 3. The Morgan fingerprint density at radius 3 is 2.56 bits per heavy atom. The van der Waals surface area contributed by atoms with Gasteiger partial charge in [-0.3, -0.25) is 14.8 Å². The zero-order chi connectivity index (χ0) is 16.9. The largest absolute Gasteiger partial charge is 0.357 e. The molecule has 4 rings (SSSR count). The smallest absolute Gasteiger partial charge is 0.194 e. The third kappa shape index (κ3) is 5.31. The van der Waals surface area contributed by atoms with Gasteiger partial charge in [0.05, 0.1) is 6.54 Å². The van der Waals surface area contributed by atoms with Gasteiger partial charge >= 0.3 is 0 Å². The monoisotopic (exact) mass is 457 g/mol. The van der Waals surface area contributed by atoms with Crippen molar-refractivity contribution in [3.8, 4) is 0 Å². The molecule has 2 bridgehead atoms. The Balaban J connectivity index is 0.00000225. The van der Waals surface area contributed by atoms with Gasteiger partial charge in [-0.25, -0.2) is 0 Å². The van der Waals surface area contributed by atoms with E-state index in [1.807, 2.05) is 0 Å². The van der Waals surface area contributed by atoms with Crippen molar-refractivity contribution in [1.29, 1.82) is 0 Å². The number of hydrogen-bond donors (Lipinski definition) is 1. The number of aryl methyl sites for hydroxylation is 1. The fourth-order valence-electron chi connectivity index (χ4n) is 3.68. The van der Waals surface area contributed by atoms with Crippen molar-refractivity contribution in [2.24, 2.45) is 4.99 Å². The molecule has 3 aliphatic rings. The zero-order valence-corrected chi connectivity index (χ0v) is 18.1. The fourth-order valence-corrected chi connectivity index (χ4v) is 3.68. The maximum atomic E-state index is 4.94. The van der Waals surface area contributed by atoms with Crippen molar-refractivity contribution in [1.82, 2.24) is 20.0 Å². The van der Waals surface area contributed by atoms with Crippen molar-refractivity contribution in [3.05, 3.63) is 35.4 Å². The molecule has 0 aromatic heterocycles. The summed E-state index contributed by atoms with van der Waals surface area (Å²) in [5.41, 5.74) is 2.70. The van der Waals surface area contributed by atoms with Crippen LogP contribution in [-0.4, -0.2) is 79.6 Å². The SMILES string of the molecule is CCNC(=NCC1CN2CCN1CC2)N(C)Cc1ccccc1C.I. The second-order valence-corrected chi connectivity index (χ2v) is 6.97. The molecule has 0 aliphatic carbocycles. The number of nitrogens with one attached hydrogen (secondary N) is 1. The predicted octanol–water partition coefficient (Wildman–Crippen LogP) is 2.01. The van der Waals surface area contributed by atoms with Crippen LogP contribution in [0.3, 0.4) is 0 Å². The minimum absolute atomic E-state index is 0. The average molecular weight is 457 g/mol. The summed E-state index contributed by atoms with van der Waals surface area (Å²) in [6.45, 7) is 13.0. The first-order chi connectivity index (χ1) is 11.7. The Kier molecular flexibility index (Phi) is 7.96. The van der Waals surface area contributed by atoms with E-state index in [1.54, 1.807) is 0 Å². The van der Waals surface area contributed by atoms with Crippen LogP contribution in [0.4, 0.5) is 0 Å². The van der Waals surface area contributed by atoms with Gasteiger partial charge in [0.1, 0.15) is 0 Å². The molecule has 0 saturated carbocycles. The van der Waals surface area contributed by atoms with Gasteiger partial charge < -0.3 is 10.2 Å². The van der Waals surface area contributed by atoms with Gasteiger partial charge in [0.25, 0.3) is 0 Å². The molecular weight excluding hydrogens is 425 g/mol. The number of fused-ring (bicyclic) bond motifs is 3. The number of hydrogen-bond acceptors (Lipinski definition) is 3. The number of halogens is 1. The van der Waals surface area contributed by atoms with Gasteiger partial charge in [0.2, 0.25) is 0 Å². The van der Waals surface area contributed by atoms with Gasteiger partial charge in [-0.05, 0) is 25.0 Å². The summed E-state index contributed by atoms with van der Waals surface area (Å²) in [6, 6.07) is 9.16. The van der Waals surface area contributed by atoms with E-state index in [1.165, 1.54) is 43.9 Å². The van der Waals surface area contributed by atoms with Crippen molar-refractivity contribution in [3.63, 3.8) is 0 Å². The summed E-state index contributed by atoms with van der Waals surface area (Å²) < 4.78 is 0. The summed E-state index contributed by atoms with van der Waals surface area (Å²) in [7, 11) is 2.13. The molecule has 0 radical (unpaired) electrons. The van der Waals surface area contributed by atoms with Crippen LogP contribution in [0.2, 0.25) is 0 Å². The quantitative estimate of drug-likeness (QED) is 0.417. The number of nitrogens with zero attached hydrogens (tertiary/aromatic N) is 4. The normalized spacial score (nSPS) is 25.4. The lowest BCUT2D eigenvalue weighted by Gasteiger charge is -2.47. The first-order valence-corrected chi connectivity index (χ1v) is 9.17. The van der Waals surface area contributed by atoms with Crippen molar-refractivity contribution in [2.75, 3.05) is 52.9 Å². The molecule has 3 saturated heterocycles. The maximum absolute atomic E-state index is 4.94. The lowest BCUT2D eigenvalue weighted by molar-refractivity contribution is 0.0173. The summed E-state index contributed by atoms with van der Waals surface area (Å²) in [5.74, 6) is 1.01. The van der Waals surface area contributed by atoms with Crippen molar-refractivity contribution in [2.45, 2.75) is 26.4 Å². The number of rotatable bonds is 5. The molecule has 1 aromatic rings. The highest BCUT2D eigenvalue weighted by Gasteiger charge is 2.31. The number of guanidine groups is 1. The third-order valence-electron chi connectivity index (χ3n) is 5.21. The molecule has 0 amide bonds. The van der Waals surface area contributed by atoms with Gasteiger partial charge in [0.15, 0.2) is 5.96 Å². The second-order valence-electron chi connectivity index (χ2n) is 6.97. The zero-order valence-electron chi connectivity index (χ0n) is 15.7. The molecule has 0 spiro atoms. The molecule has 1 N–H and O–H groups in total. The summed E-state index contributed by atoms with van der Waals surface area (Å²) in [5, 5.41) is 3.45. The van der Waals surface area contributed by atoms with E-state index in [0.717, 1.165) is 25.6 Å². The lowest BCUT2D eigenvalue weighted by Crippen LogP contribution is -2.62. The topological polar surface area (TPSA) is 34.1 Å². The van der Waals surface area contributed by atoms with Crippen molar-refractivity contribution >= 4 is 29.9 Å². The minimum atomic E-state index is 0. The van der Waals surface area contributed by atoms with E-state index in [0.29, 0.717) is 6.04 Å². The maximum Gasteiger partial charge on any atom is 0.194 e. The highest BCUT2D eigenvalue weighted by Crippen LogP contribution is 2.16. The van der Waals surface area contributed by atoms with Gasteiger partial charge in [0, 0.05) is 58.9 Å². The third-order valence-corrected chi connectivity index (χ3v) is 5.21. The minimum Gasteiger partial charge on any atom is -0.357 e. The highest BCUT2D eigenvalue weighted by molar-refractivity contribution is 14.0. The second kappa shape index (κ2) is 9.73. The Hall–Kier alpha value is -0.860. The fraction of sp³-hybridized carbons (Fsp3) is 0.632. The Morgan fingerprint density at radius 2 is 1.96 bits per heavy atom. The van der Waals surface area contributed by atoms with E-state index < -0.39 is 0 Å². The van der Waals surface area contributed by atoms with E-state index in [-0.39, 0.29) is 24.0 Å². The molecule has 3 heterocycles. The molecule has 1 aromatic carbocycles. The first-order valence-electron chi connectivity index (χ1n) is 9.17. The predicted molar refractivity (Wildman–Crippen MR) is 116 cm³/mol. The molecule has 3 fully saturated rings. The lowest BCUT2D eigenvalue weighted by atomic mass is 10.1. The summed E-state index contributed by atoms with van der Waals surface area (Å²) in [4.78, 5) is 12.4. The molecule has 5 nitrogen and oxygen atoms in total. The molecule has 140 valence electrons. The molecule has 1 atom stereocenters. The van der Waals surface area contributed by atoms with Crippen molar-refractivity contribution < 1.29 is 0 Å². The van der Waals surface area contributed by atoms with Crippen LogP contribution < -0.4 is 5.32 Å². The van der Waals surface area contributed by atoms with E-state index >= 15 is 0 Å². The molecule has 25 heavy (non-hydrogen) atoms. The Labute approximate surface area is 169 Å². The van der Waals surface area contributed by atoms with E-state index in [9.17, 15) is 0 Å². The number of benzene rings is 1. The standard InChI is InChI=1S/C19H31N5.HI/c1-4-20-19(22(3)14-17-8-6-5-7-16(17)2)21-13-18-15-23-9-11-24(18)12-10-23;/h5-8,18H,4,9-15H2,1-3H3,(H,20,21);1H. The van der Waals surface area contributed by atoms with Crippen LogP contribution in [0.5, 0.6) is 0 Å². The van der Waals surface area contributed by atoms with Crippen LogP contribution in [0, 0.1) is 6.92 Å². The van der Waals surface area contributed by atoms with Crippen LogP contribution in [0.15, 0.2) is 29.3 Å². The number of aliphatic imine (C=N–C) groups is 1. The highest BCUT2D eigenvalue weighted by atomic mass is 127. The molecule has 1 unspecified atom stereocenters. The van der Waals surface area contributed by atoms with Crippen LogP contribution >= 0.6 is 24.0 Å². The van der Waals surface area contributed by atoms with Gasteiger partial charge in [-0.1, -0.05) is 24.3 Å². The average Bonchev–Trinajstić information content (AvgIpc) is 2.61. The van der Waals surface area contributed by atoms with Crippen LogP contribution in [0.1, 0.15) is 18.1 Å². The van der Waals surface area contributed by atoms with Gasteiger partial charge in [-0.2, -0.15) is 0 Å². The van der Waals surface area contributed by atoms with E-state index in [4.69, 9.17) is 4.99 Å². The van der Waals surface area contributed by atoms with E-state index in [2.05, 4.69) is 65.2 Å². The van der Waals surface area contributed by atoms with Crippen LogP contribution in [-0.2, 0) is 6.54 Å². The first kappa shape index (κ1) is 20.5. The Bertz CT molecular complexity index is 569. The molecule has 6 heteroatoms. The molecule has 3 aliphatic heterocycles. The van der Waals surface area contributed by atoms with Gasteiger partial charge in [-0.15, -0.1) is 24.0 Å². The van der Waals surface area contributed by atoms with Crippen LogP contribution in [0.25, 0.3) is 0 Å². The summed E-state index contributed by atoms with van der Waals surface area (Å²) in [6.07, 6.45) is 0.